The van der Waals surface area contributed by atoms with Crippen molar-refractivity contribution in [3.05, 3.63) is 35.4 Å². The molecule has 0 aliphatic heterocycles. The minimum absolute atomic E-state index is 0.0114. The highest BCUT2D eigenvalue weighted by molar-refractivity contribution is 6.55. The number of aliphatic hydroxyl groups is 1. The molecule has 0 aromatic heterocycles. The van der Waals surface area contributed by atoms with Crippen LogP contribution < -0.4 is 0 Å². The van der Waals surface area contributed by atoms with Gasteiger partial charge in [0.25, 0.3) is 0 Å². The highest BCUT2D eigenvalue weighted by Crippen LogP contribution is 2.23. The van der Waals surface area contributed by atoms with Crippen LogP contribution in [0.3, 0.4) is 0 Å². The second kappa shape index (κ2) is 7.97. The van der Waals surface area contributed by atoms with Crippen molar-refractivity contribution in [2.24, 2.45) is 0 Å². The van der Waals surface area contributed by atoms with Gasteiger partial charge >= 0.3 is 12.1 Å². The van der Waals surface area contributed by atoms with E-state index in [9.17, 15) is 19.5 Å². The van der Waals surface area contributed by atoms with E-state index < -0.39 is 28.8 Å². The van der Waals surface area contributed by atoms with Gasteiger partial charge in [0.05, 0.1) is 6.61 Å². The molecule has 114 valence electrons. The Bertz CT molecular complexity index is 543. The largest absolute Gasteiger partial charge is 0.516 e. The van der Waals surface area contributed by atoms with Gasteiger partial charge in [0.2, 0.25) is 0 Å². The van der Waals surface area contributed by atoms with Gasteiger partial charge in [-0.25, -0.2) is 9.59 Å². The Morgan fingerprint density at radius 1 is 1.24 bits per heavy atom. The summed E-state index contributed by atoms with van der Waals surface area (Å²) in [5.74, 6) is -1.95. The van der Waals surface area contributed by atoms with Gasteiger partial charge in [0, 0.05) is 11.1 Å². The number of carbonyl (C=O) groups is 3. The maximum atomic E-state index is 11.8. The van der Waals surface area contributed by atoms with Crippen LogP contribution in [0, 0.1) is 0 Å². The zero-order valence-electron chi connectivity index (χ0n) is 10.9. The average Bonchev–Trinajstić information content (AvgIpc) is 2.45. The lowest BCUT2D eigenvalue weighted by Crippen LogP contribution is -2.23. The van der Waals surface area contributed by atoms with Crippen LogP contribution in [0.25, 0.3) is 0 Å². The SMILES string of the molecule is CCOC(=O)OC(=O)C(O)c1ccccc1C(=O)C(Cl)Cl. The van der Waals surface area contributed by atoms with Gasteiger partial charge in [-0.15, -0.1) is 0 Å². The van der Waals surface area contributed by atoms with E-state index in [1.165, 1.54) is 31.2 Å². The van der Waals surface area contributed by atoms with Gasteiger partial charge in [-0.05, 0) is 6.92 Å². The summed E-state index contributed by atoms with van der Waals surface area (Å²) in [7, 11) is 0. The molecule has 0 saturated heterocycles. The molecule has 0 aliphatic rings. The molecule has 0 amide bonds. The summed E-state index contributed by atoms with van der Waals surface area (Å²) in [5.41, 5.74) is -0.107. The number of ether oxygens (including phenoxy) is 2. The topological polar surface area (TPSA) is 89.9 Å². The van der Waals surface area contributed by atoms with Crippen LogP contribution in [-0.2, 0) is 14.3 Å². The van der Waals surface area contributed by atoms with Gasteiger partial charge in [-0.3, -0.25) is 4.79 Å². The monoisotopic (exact) mass is 334 g/mol. The number of hydrogen-bond acceptors (Lipinski definition) is 6. The minimum atomic E-state index is -1.85. The summed E-state index contributed by atoms with van der Waals surface area (Å²) in [5, 5.41) is 9.90. The van der Waals surface area contributed by atoms with Gasteiger partial charge in [-0.2, -0.15) is 0 Å². The van der Waals surface area contributed by atoms with E-state index in [0.717, 1.165) is 0 Å². The fraction of sp³-hybridized carbons (Fsp3) is 0.308. The first-order valence-corrected chi connectivity index (χ1v) is 6.73. The van der Waals surface area contributed by atoms with Crippen LogP contribution in [-0.4, -0.2) is 34.5 Å². The van der Waals surface area contributed by atoms with Crippen molar-refractivity contribution in [2.75, 3.05) is 6.61 Å². The fourth-order valence-corrected chi connectivity index (χ4v) is 1.72. The Hall–Kier alpha value is -1.63. The van der Waals surface area contributed by atoms with Crippen molar-refractivity contribution in [1.82, 2.24) is 0 Å². The Kier molecular flexibility index (Phi) is 6.61. The summed E-state index contributed by atoms with van der Waals surface area (Å²) in [6.07, 6.45) is -3.08. The molecule has 0 bridgehead atoms. The van der Waals surface area contributed by atoms with E-state index >= 15 is 0 Å². The van der Waals surface area contributed by atoms with Gasteiger partial charge in [0.15, 0.2) is 16.7 Å². The van der Waals surface area contributed by atoms with Crippen LogP contribution >= 0.6 is 23.2 Å². The number of ketones is 1. The standard InChI is InChI=1S/C13H12Cl2O6/c1-2-20-13(19)21-12(18)10(17)8-6-4-3-5-7(8)9(16)11(14)15/h3-6,10-11,17H,2H2,1H3. The van der Waals surface area contributed by atoms with E-state index in [4.69, 9.17) is 23.2 Å². The zero-order valence-corrected chi connectivity index (χ0v) is 12.4. The third kappa shape index (κ3) is 4.70. The molecule has 0 saturated carbocycles. The molecule has 1 rings (SSSR count). The summed E-state index contributed by atoms with van der Waals surface area (Å²) in [6, 6.07) is 5.66. The maximum Gasteiger partial charge on any atom is 0.516 e. The summed E-state index contributed by atoms with van der Waals surface area (Å²) in [4.78, 5) is 33.1. The summed E-state index contributed by atoms with van der Waals surface area (Å²) in [6.45, 7) is 1.54. The first-order chi connectivity index (χ1) is 9.88. The molecule has 1 unspecified atom stereocenters. The molecular formula is C13H12Cl2O6. The van der Waals surface area contributed by atoms with Crippen molar-refractivity contribution in [3.63, 3.8) is 0 Å². The lowest BCUT2D eigenvalue weighted by Gasteiger charge is -2.13. The number of benzene rings is 1. The summed E-state index contributed by atoms with van der Waals surface area (Å²) >= 11 is 11.0. The Balaban J connectivity index is 2.97. The lowest BCUT2D eigenvalue weighted by atomic mass is 10.00. The molecule has 0 aliphatic carbocycles. The molecule has 0 fully saturated rings. The van der Waals surface area contributed by atoms with Crippen molar-refractivity contribution in [1.29, 1.82) is 0 Å². The second-order valence-corrected chi connectivity index (χ2v) is 4.86. The molecule has 6 nitrogen and oxygen atoms in total. The van der Waals surface area contributed by atoms with Crippen LogP contribution in [0.15, 0.2) is 24.3 Å². The van der Waals surface area contributed by atoms with E-state index in [2.05, 4.69) is 9.47 Å². The first-order valence-electron chi connectivity index (χ1n) is 5.86. The van der Waals surface area contributed by atoms with E-state index in [1.54, 1.807) is 0 Å². The number of aliphatic hydroxyl groups excluding tert-OH is 1. The number of carbonyl (C=O) groups excluding carboxylic acids is 3. The molecule has 1 N–H and O–H groups in total. The van der Waals surface area contributed by atoms with Gasteiger partial charge < -0.3 is 14.6 Å². The van der Waals surface area contributed by atoms with Crippen molar-refractivity contribution in [3.8, 4) is 0 Å². The second-order valence-electron chi connectivity index (χ2n) is 3.76. The minimum Gasteiger partial charge on any atom is -0.434 e. The lowest BCUT2D eigenvalue weighted by molar-refractivity contribution is -0.149. The van der Waals surface area contributed by atoms with Crippen molar-refractivity contribution < 1.29 is 29.0 Å². The van der Waals surface area contributed by atoms with E-state index in [0.29, 0.717) is 0 Å². The van der Waals surface area contributed by atoms with E-state index in [-0.39, 0.29) is 17.7 Å². The molecule has 1 atom stereocenters. The Morgan fingerprint density at radius 2 is 1.86 bits per heavy atom. The molecule has 1 aromatic rings. The van der Waals surface area contributed by atoms with Crippen LogP contribution in [0.5, 0.6) is 0 Å². The third-order valence-electron chi connectivity index (χ3n) is 2.39. The maximum absolute atomic E-state index is 11.8. The molecule has 0 radical (unpaired) electrons. The number of rotatable bonds is 5. The molecule has 0 heterocycles. The predicted molar refractivity (Wildman–Crippen MR) is 74.3 cm³/mol. The van der Waals surface area contributed by atoms with Crippen molar-refractivity contribution >= 4 is 41.1 Å². The number of hydrogen-bond donors (Lipinski definition) is 1. The van der Waals surface area contributed by atoms with Crippen molar-refractivity contribution in [2.45, 2.75) is 17.9 Å². The van der Waals surface area contributed by atoms with Gasteiger partial charge in [-0.1, -0.05) is 47.5 Å². The highest BCUT2D eigenvalue weighted by atomic mass is 35.5. The number of Topliss-reactive ketones (excluding diaryl/α,β-unsaturated/α-hetero) is 1. The average molecular weight is 335 g/mol. The van der Waals surface area contributed by atoms with Crippen LogP contribution in [0.1, 0.15) is 28.9 Å². The summed E-state index contributed by atoms with van der Waals surface area (Å²) < 4.78 is 8.69. The number of halogens is 2. The van der Waals surface area contributed by atoms with Gasteiger partial charge in [0.1, 0.15) is 0 Å². The van der Waals surface area contributed by atoms with Crippen LogP contribution in [0.2, 0.25) is 0 Å². The molecule has 21 heavy (non-hydrogen) atoms. The highest BCUT2D eigenvalue weighted by Gasteiger charge is 2.28. The fourth-order valence-electron chi connectivity index (χ4n) is 1.49. The Labute approximate surface area is 130 Å². The van der Waals surface area contributed by atoms with Crippen LogP contribution in [0.4, 0.5) is 4.79 Å². The quantitative estimate of drug-likeness (QED) is 0.385. The van der Waals surface area contributed by atoms with E-state index in [1.807, 2.05) is 0 Å². The molecular weight excluding hydrogens is 323 g/mol. The third-order valence-corrected chi connectivity index (χ3v) is 2.78. The zero-order chi connectivity index (χ0) is 16.0. The smallest absolute Gasteiger partial charge is 0.434 e. The molecule has 8 heteroatoms. The Morgan fingerprint density at radius 3 is 2.43 bits per heavy atom. The number of alkyl halides is 2. The first kappa shape index (κ1) is 17.4. The molecule has 0 spiro atoms. The number of esters is 1. The molecule has 1 aromatic carbocycles. The normalized spacial score (nSPS) is 11.9. The predicted octanol–water partition coefficient (Wildman–Crippen LogP) is 2.41.